The minimum Gasteiger partial charge on any atom is -0.468 e. The molecule has 17 heavy (non-hydrogen) atoms. The van der Waals surface area contributed by atoms with Crippen molar-refractivity contribution in [2.75, 3.05) is 7.11 Å². The Morgan fingerprint density at radius 3 is 2.47 bits per heavy atom. The molecule has 6 heteroatoms. The first-order valence-corrected chi connectivity index (χ1v) is 6.32. The van der Waals surface area contributed by atoms with Crippen molar-refractivity contribution in [2.45, 2.75) is 6.04 Å². The summed E-state index contributed by atoms with van der Waals surface area (Å²) in [4.78, 5) is 11.5. The molecule has 0 aromatic heterocycles. The van der Waals surface area contributed by atoms with E-state index in [2.05, 4.69) is 16.0 Å². The minimum atomic E-state index is -3.71. The number of benzene rings is 1. The van der Waals surface area contributed by atoms with Crippen molar-refractivity contribution in [1.82, 2.24) is 4.72 Å². The predicted molar refractivity (Wildman–Crippen MR) is 63.5 cm³/mol. The average Bonchev–Trinajstić information content (AvgIpc) is 2.36. The molecule has 0 radical (unpaired) electrons. The van der Waals surface area contributed by atoms with E-state index in [-0.39, 0.29) is 0 Å². The van der Waals surface area contributed by atoms with Crippen molar-refractivity contribution in [3.8, 4) is 0 Å². The van der Waals surface area contributed by atoms with E-state index in [0.717, 1.165) is 5.41 Å². The zero-order valence-corrected chi connectivity index (χ0v) is 10.1. The number of esters is 1. The van der Waals surface area contributed by atoms with Crippen LogP contribution in [-0.2, 0) is 19.6 Å². The first-order valence-electron chi connectivity index (χ1n) is 4.77. The van der Waals surface area contributed by atoms with Crippen molar-refractivity contribution in [3.63, 3.8) is 0 Å². The number of ether oxygens (including phenoxy) is 1. The molecule has 0 heterocycles. The Morgan fingerprint density at radius 2 is 2.00 bits per heavy atom. The van der Waals surface area contributed by atoms with Gasteiger partial charge in [-0.3, -0.25) is 0 Å². The number of hydrogen-bond acceptors (Lipinski definition) is 4. The van der Waals surface area contributed by atoms with Crippen LogP contribution in [-0.4, -0.2) is 21.5 Å². The number of nitrogens with one attached hydrogen (secondary N) is 1. The summed E-state index contributed by atoms with van der Waals surface area (Å²) in [6.07, 6.45) is 0. The zero-order valence-electron chi connectivity index (χ0n) is 9.29. The Bertz CT molecular complexity index is 495. The first kappa shape index (κ1) is 13.4. The molecule has 0 bridgehead atoms. The van der Waals surface area contributed by atoms with Gasteiger partial charge in [0.2, 0.25) is 10.0 Å². The monoisotopic (exact) mass is 255 g/mol. The van der Waals surface area contributed by atoms with E-state index in [1.54, 1.807) is 30.3 Å². The predicted octanol–water partition coefficient (Wildman–Crippen LogP) is 0.964. The smallest absolute Gasteiger partial charge is 0.328 e. The molecule has 92 valence electrons. The summed E-state index contributed by atoms with van der Waals surface area (Å²) in [6.45, 7) is 3.16. The lowest BCUT2D eigenvalue weighted by Gasteiger charge is -2.15. The summed E-state index contributed by atoms with van der Waals surface area (Å²) in [7, 11) is -2.51. The Kier molecular flexibility index (Phi) is 4.42. The van der Waals surface area contributed by atoms with Gasteiger partial charge in [0.05, 0.1) is 7.11 Å². The van der Waals surface area contributed by atoms with Gasteiger partial charge < -0.3 is 4.74 Å². The van der Waals surface area contributed by atoms with Gasteiger partial charge in [-0.1, -0.05) is 36.9 Å². The molecule has 1 rings (SSSR count). The molecule has 0 amide bonds. The maximum Gasteiger partial charge on any atom is 0.328 e. The Labute approximate surface area is 100 Å². The van der Waals surface area contributed by atoms with Crippen LogP contribution in [0.5, 0.6) is 0 Å². The molecule has 0 saturated heterocycles. The number of carbonyl (C=O) groups is 1. The van der Waals surface area contributed by atoms with Gasteiger partial charge >= 0.3 is 5.97 Å². The van der Waals surface area contributed by atoms with E-state index in [1.165, 1.54) is 7.11 Å². The van der Waals surface area contributed by atoms with Crippen molar-refractivity contribution in [1.29, 1.82) is 0 Å². The summed E-state index contributed by atoms with van der Waals surface area (Å²) in [5.74, 6) is -0.679. The fourth-order valence-corrected chi connectivity index (χ4v) is 1.89. The van der Waals surface area contributed by atoms with Gasteiger partial charge in [-0.25, -0.2) is 13.2 Å². The van der Waals surface area contributed by atoms with Crippen LogP contribution in [0.2, 0.25) is 0 Å². The van der Waals surface area contributed by atoms with Crippen molar-refractivity contribution in [3.05, 3.63) is 47.9 Å². The molecule has 0 aliphatic heterocycles. The number of rotatable bonds is 5. The quantitative estimate of drug-likeness (QED) is 0.795. The van der Waals surface area contributed by atoms with Gasteiger partial charge in [0.15, 0.2) is 0 Å². The van der Waals surface area contributed by atoms with Gasteiger partial charge in [0, 0.05) is 5.41 Å². The topological polar surface area (TPSA) is 72.5 Å². The molecule has 1 aromatic carbocycles. The maximum atomic E-state index is 11.5. The molecule has 1 aromatic rings. The van der Waals surface area contributed by atoms with E-state index < -0.39 is 22.0 Å². The van der Waals surface area contributed by atoms with Gasteiger partial charge in [-0.05, 0) is 5.56 Å². The van der Waals surface area contributed by atoms with Crippen LogP contribution in [0, 0.1) is 0 Å². The van der Waals surface area contributed by atoms with Crippen molar-refractivity contribution >= 4 is 16.0 Å². The standard InChI is InChI=1S/C11H13NO4S/c1-3-17(14,15)12-10(11(13)16-2)9-7-5-4-6-8-9/h3-8,10,12H,1H2,2H3. The summed E-state index contributed by atoms with van der Waals surface area (Å²) in [5.41, 5.74) is 0.504. The molecule has 0 aliphatic carbocycles. The molecule has 0 spiro atoms. The molecule has 0 aliphatic rings. The number of methoxy groups -OCH3 is 1. The van der Waals surface area contributed by atoms with E-state index in [9.17, 15) is 13.2 Å². The SMILES string of the molecule is C=CS(=O)(=O)NC(C(=O)OC)c1ccccc1. The van der Waals surface area contributed by atoms with Crippen LogP contribution >= 0.6 is 0 Å². The number of carbonyl (C=O) groups excluding carboxylic acids is 1. The van der Waals surface area contributed by atoms with Crippen LogP contribution in [0.1, 0.15) is 11.6 Å². The van der Waals surface area contributed by atoms with E-state index in [1.807, 2.05) is 0 Å². The highest BCUT2D eigenvalue weighted by molar-refractivity contribution is 7.92. The molecule has 0 saturated carbocycles. The highest BCUT2D eigenvalue weighted by Crippen LogP contribution is 2.15. The van der Waals surface area contributed by atoms with Crippen LogP contribution in [0.3, 0.4) is 0 Å². The summed E-state index contributed by atoms with van der Waals surface area (Å²) >= 11 is 0. The maximum absolute atomic E-state index is 11.5. The average molecular weight is 255 g/mol. The summed E-state index contributed by atoms with van der Waals surface area (Å²) in [6, 6.07) is 7.37. The van der Waals surface area contributed by atoms with Gasteiger partial charge in [0.25, 0.3) is 0 Å². The van der Waals surface area contributed by atoms with Gasteiger partial charge in [-0.2, -0.15) is 4.72 Å². The second-order valence-electron chi connectivity index (χ2n) is 3.20. The fourth-order valence-electron chi connectivity index (χ4n) is 1.23. The molecule has 1 N–H and O–H groups in total. The first-order chi connectivity index (χ1) is 8.00. The van der Waals surface area contributed by atoms with Crippen LogP contribution in [0.4, 0.5) is 0 Å². The second kappa shape index (κ2) is 5.60. The summed E-state index contributed by atoms with van der Waals surface area (Å²) in [5, 5.41) is 0.742. The third-order valence-corrected chi connectivity index (χ3v) is 3.07. The molecule has 0 fully saturated rings. The molecule has 1 unspecified atom stereocenters. The van der Waals surface area contributed by atoms with Crippen LogP contribution in [0.25, 0.3) is 0 Å². The summed E-state index contributed by atoms with van der Waals surface area (Å²) < 4.78 is 29.5. The van der Waals surface area contributed by atoms with Crippen molar-refractivity contribution in [2.24, 2.45) is 0 Å². The van der Waals surface area contributed by atoms with E-state index in [4.69, 9.17) is 0 Å². The third kappa shape index (κ3) is 3.69. The van der Waals surface area contributed by atoms with Crippen LogP contribution in [0.15, 0.2) is 42.3 Å². The minimum absolute atomic E-state index is 0.504. The highest BCUT2D eigenvalue weighted by Gasteiger charge is 2.25. The Hall–Kier alpha value is -1.66. The molecular formula is C11H13NO4S. The van der Waals surface area contributed by atoms with E-state index in [0.29, 0.717) is 5.56 Å². The number of sulfonamides is 1. The number of hydrogen-bond donors (Lipinski definition) is 1. The normalized spacial score (nSPS) is 12.8. The molecule has 1 atom stereocenters. The Morgan fingerprint density at radius 1 is 1.41 bits per heavy atom. The molecule has 5 nitrogen and oxygen atoms in total. The molecular weight excluding hydrogens is 242 g/mol. The van der Waals surface area contributed by atoms with Gasteiger partial charge in [-0.15, -0.1) is 0 Å². The lowest BCUT2D eigenvalue weighted by Crippen LogP contribution is -2.33. The second-order valence-corrected chi connectivity index (χ2v) is 4.86. The fraction of sp³-hybridized carbons (Fsp3) is 0.182. The lowest BCUT2D eigenvalue weighted by molar-refractivity contribution is -0.142. The van der Waals surface area contributed by atoms with Crippen LogP contribution < -0.4 is 4.72 Å². The largest absolute Gasteiger partial charge is 0.468 e. The van der Waals surface area contributed by atoms with Crippen molar-refractivity contribution < 1.29 is 17.9 Å². The third-order valence-electron chi connectivity index (χ3n) is 2.07. The highest BCUT2D eigenvalue weighted by atomic mass is 32.2. The Balaban J connectivity index is 3.06. The zero-order chi connectivity index (χ0) is 12.9. The van der Waals surface area contributed by atoms with Gasteiger partial charge in [0.1, 0.15) is 6.04 Å². The van der Waals surface area contributed by atoms with E-state index >= 15 is 0 Å². The lowest BCUT2D eigenvalue weighted by atomic mass is 10.1.